The summed E-state index contributed by atoms with van der Waals surface area (Å²) in [5.74, 6) is 1.93. The van der Waals surface area contributed by atoms with Crippen molar-refractivity contribution in [2.75, 3.05) is 32.8 Å². The van der Waals surface area contributed by atoms with Gasteiger partial charge in [0.1, 0.15) is 0 Å². The van der Waals surface area contributed by atoms with Gasteiger partial charge in [0.15, 0.2) is 11.5 Å². The van der Waals surface area contributed by atoms with Crippen LogP contribution in [0.1, 0.15) is 45.1 Å². The molecule has 1 aromatic carbocycles. The van der Waals surface area contributed by atoms with E-state index < -0.39 is 0 Å². The second-order valence-electron chi connectivity index (χ2n) is 6.08. The van der Waals surface area contributed by atoms with E-state index >= 15 is 0 Å². The van der Waals surface area contributed by atoms with Crippen LogP contribution in [-0.2, 0) is 11.3 Å². The molecule has 5 heteroatoms. The molecule has 0 aliphatic carbocycles. The number of nitrogens with zero attached hydrogens (tertiary/aromatic N) is 1. The summed E-state index contributed by atoms with van der Waals surface area (Å²) < 4.78 is 11.4. The van der Waals surface area contributed by atoms with Crippen molar-refractivity contribution in [2.45, 2.75) is 46.1 Å². The van der Waals surface area contributed by atoms with Crippen LogP contribution in [0, 0.1) is 0 Å². The van der Waals surface area contributed by atoms with Crippen molar-refractivity contribution in [3.63, 3.8) is 0 Å². The maximum Gasteiger partial charge on any atom is 0.222 e. The van der Waals surface area contributed by atoms with Gasteiger partial charge in [0.25, 0.3) is 0 Å². The third kappa shape index (κ3) is 5.71. The third-order valence-corrected chi connectivity index (χ3v) is 4.05. The van der Waals surface area contributed by atoms with Gasteiger partial charge in [-0.15, -0.1) is 0 Å². The number of hydrogen-bond acceptors (Lipinski definition) is 4. The smallest absolute Gasteiger partial charge is 0.222 e. The third-order valence-electron chi connectivity index (χ3n) is 4.05. The number of amides is 1. The van der Waals surface area contributed by atoms with Crippen LogP contribution in [0.25, 0.3) is 0 Å². The minimum Gasteiger partial charge on any atom is -0.490 e. The lowest BCUT2D eigenvalue weighted by Crippen LogP contribution is -2.28. The topological polar surface area (TPSA) is 50.8 Å². The first-order valence-corrected chi connectivity index (χ1v) is 9.11. The van der Waals surface area contributed by atoms with E-state index in [0.29, 0.717) is 19.1 Å². The fourth-order valence-electron chi connectivity index (χ4n) is 2.83. The minimum absolute atomic E-state index is 0.305. The van der Waals surface area contributed by atoms with Crippen LogP contribution in [-0.4, -0.2) is 43.7 Å². The lowest BCUT2D eigenvalue weighted by atomic mass is 10.2. The molecular weight excluding hydrogens is 304 g/mol. The molecule has 0 radical (unpaired) electrons. The summed E-state index contributed by atoms with van der Waals surface area (Å²) in [7, 11) is 0. The molecule has 0 bridgehead atoms. The predicted octanol–water partition coefficient (Wildman–Crippen LogP) is 2.98. The second-order valence-corrected chi connectivity index (χ2v) is 6.08. The van der Waals surface area contributed by atoms with Gasteiger partial charge in [-0.1, -0.05) is 13.0 Å². The molecule has 1 N–H and O–H groups in total. The molecule has 0 saturated carbocycles. The molecule has 0 atom stereocenters. The standard InChI is InChI=1S/C19H30N2O3/c1-3-13-24-17-9-8-16(14-18(17)23-4-2)15-20-10-6-12-21-11-5-7-19(21)22/h8-9,14,20H,3-7,10-13,15H2,1-2H3. The van der Waals surface area contributed by atoms with E-state index in [1.807, 2.05) is 24.0 Å². The van der Waals surface area contributed by atoms with Crippen LogP contribution >= 0.6 is 0 Å². The molecule has 134 valence electrons. The highest BCUT2D eigenvalue weighted by atomic mass is 16.5. The van der Waals surface area contributed by atoms with Crippen molar-refractivity contribution >= 4 is 5.91 Å². The van der Waals surface area contributed by atoms with Gasteiger partial charge in [-0.25, -0.2) is 0 Å². The number of ether oxygens (including phenoxy) is 2. The number of likely N-dealkylation sites (tertiary alicyclic amines) is 1. The molecule has 24 heavy (non-hydrogen) atoms. The molecule has 1 aliphatic rings. The zero-order valence-electron chi connectivity index (χ0n) is 15.0. The second kappa shape index (κ2) is 10.2. The summed E-state index contributed by atoms with van der Waals surface area (Å²) in [5.41, 5.74) is 1.18. The van der Waals surface area contributed by atoms with E-state index in [9.17, 15) is 4.79 Å². The number of benzene rings is 1. The van der Waals surface area contributed by atoms with Crippen molar-refractivity contribution in [3.05, 3.63) is 23.8 Å². The van der Waals surface area contributed by atoms with Crippen LogP contribution in [0.2, 0.25) is 0 Å². The summed E-state index contributed by atoms with van der Waals surface area (Å²) in [4.78, 5) is 13.5. The molecule has 1 aromatic rings. The highest BCUT2D eigenvalue weighted by molar-refractivity contribution is 5.77. The maximum atomic E-state index is 11.5. The van der Waals surface area contributed by atoms with Gasteiger partial charge in [0, 0.05) is 26.1 Å². The summed E-state index contributed by atoms with van der Waals surface area (Å²) in [5, 5.41) is 3.44. The highest BCUT2D eigenvalue weighted by Gasteiger charge is 2.18. The molecule has 1 aliphatic heterocycles. The fourth-order valence-corrected chi connectivity index (χ4v) is 2.83. The summed E-state index contributed by atoms with van der Waals surface area (Å²) in [6.45, 7) is 8.89. The van der Waals surface area contributed by atoms with E-state index in [2.05, 4.69) is 18.3 Å². The number of rotatable bonds is 11. The van der Waals surface area contributed by atoms with E-state index in [1.54, 1.807) is 0 Å². The first-order chi connectivity index (χ1) is 11.7. The average molecular weight is 334 g/mol. The largest absolute Gasteiger partial charge is 0.490 e. The molecule has 0 unspecified atom stereocenters. The van der Waals surface area contributed by atoms with Gasteiger partial charge in [-0.3, -0.25) is 4.79 Å². The summed E-state index contributed by atoms with van der Waals surface area (Å²) in [6, 6.07) is 6.11. The van der Waals surface area contributed by atoms with E-state index in [1.165, 1.54) is 5.56 Å². The van der Waals surface area contributed by atoms with Gasteiger partial charge >= 0.3 is 0 Å². The van der Waals surface area contributed by atoms with E-state index in [-0.39, 0.29) is 0 Å². The normalized spacial score (nSPS) is 14.2. The van der Waals surface area contributed by atoms with Gasteiger partial charge in [0.2, 0.25) is 5.91 Å². The Labute approximate surface area is 145 Å². The van der Waals surface area contributed by atoms with Gasteiger partial charge < -0.3 is 19.7 Å². The maximum absolute atomic E-state index is 11.5. The van der Waals surface area contributed by atoms with E-state index in [4.69, 9.17) is 9.47 Å². The Hall–Kier alpha value is -1.75. The lowest BCUT2D eigenvalue weighted by Gasteiger charge is -2.16. The molecule has 1 saturated heterocycles. The molecule has 1 amide bonds. The Balaban J connectivity index is 1.75. The van der Waals surface area contributed by atoms with Crippen LogP contribution in [0.3, 0.4) is 0 Å². The predicted molar refractivity (Wildman–Crippen MR) is 95.5 cm³/mol. The highest BCUT2D eigenvalue weighted by Crippen LogP contribution is 2.28. The lowest BCUT2D eigenvalue weighted by molar-refractivity contribution is -0.127. The molecule has 1 heterocycles. The Morgan fingerprint density at radius 3 is 2.79 bits per heavy atom. The molecular formula is C19H30N2O3. The van der Waals surface area contributed by atoms with Crippen LogP contribution in [0.15, 0.2) is 18.2 Å². The quantitative estimate of drug-likeness (QED) is 0.632. The zero-order chi connectivity index (χ0) is 17.2. The van der Waals surface area contributed by atoms with Crippen molar-refractivity contribution in [1.29, 1.82) is 0 Å². The molecule has 1 fully saturated rings. The minimum atomic E-state index is 0.305. The van der Waals surface area contributed by atoms with E-state index in [0.717, 1.165) is 63.4 Å². The van der Waals surface area contributed by atoms with Gasteiger partial charge in [-0.05, 0) is 50.4 Å². The fraction of sp³-hybridized carbons (Fsp3) is 0.632. The number of carbonyl (C=O) groups excluding carboxylic acids is 1. The van der Waals surface area contributed by atoms with Crippen molar-refractivity contribution in [2.24, 2.45) is 0 Å². The molecule has 5 nitrogen and oxygen atoms in total. The van der Waals surface area contributed by atoms with Gasteiger partial charge in [0.05, 0.1) is 13.2 Å². The summed E-state index contributed by atoms with van der Waals surface area (Å²) >= 11 is 0. The SMILES string of the molecule is CCCOc1ccc(CNCCCN2CCCC2=O)cc1OCC. The Morgan fingerprint density at radius 2 is 2.08 bits per heavy atom. The van der Waals surface area contributed by atoms with Crippen molar-refractivity contribution in [1.82, 2.24) is 10.2 Å². The zero-order valence-corrected chi connectivity index (χ0v) is 15.0. The first-order valence-electron chi connectivity index (χ1n) is 9.11. The first kappa shape index (κ1) is 18.6. The Bertz CT molecular complexity index is 519. The van der Waals surface area contributed by atoms with Crippen LogP contribution in [0.4, 0.5) is 0 Å². The van der Waals surface area contributed by atoms with Gasteiger partial charge in [-0.2, -0.15) is 0 Å². The number of carbonyl (C=O) groups is 1. The molecule has 2 rings (SSSR count). The Morgan fingerprint density at radius 1 is 1.21 bits per heavy atom. The van der Waals surface area contributed by atoms with Crippen LogP contribution < -0.4 is 14.8 Å². The number of hydrogen-bond donors (Lipinski definition) is 1. The summed E-state index contributed by atoms with van der Waals surface area (Å²) in [6.07, 6.45) is 3.70. The van der Waals surface area contributed by atoms with Crippen LogP contribution in [0.5, 0.6) is 11.5 Å². The van der Waals surface area contributed by atoms with Crippen molar-refractivity contribution < 1.29 is 14.3 Å². The molecule has 0 spiro atoms. The average Bonchev–Trinajstić information content (AvgIpc) is 2.99. The molecule has 0 aromatic heterocycles. The number of nitrogens with one attached hydrogen (secondary N) is 1. The monoisotopic (exact) mass is 334 g/mol. The Kier molecular flexibility index (Phi) is 7.89. The van der Waals surface area contributed by atoms with Crippen molar-refractivity contribution in [3.8, 4) is 11.5 Å².